The van der Waals surface area contributed by atoms with E-state index in [0.29, 0.717) is 18.3 Å². The predicted octanol–water partition coefficient (Wildman–Crippen LogP) is 3.29. The van der Waals surface area contributed by atoms with Gasteiger partial charge < -0.3 is 14.1 Å². The van der Waals surface area contributed by atoms with Crippen LogP contribution in [0.25, 0.3) is 0 Å². The summed E-state index contributed by atoms with van der Waals surface area (Å²) >= 11 is 1.55. The molecule has 6 nitrogen and oxygen atoms in total. The molecule has 25 heavy (non-hydrogen) atoms. The van der Waals surface area contributed by atoms with E-state index in [4.69, 9.17) is 9.15 Å². The Bertz CT molecular complexity index is 735. The van der Waals surface area contributed by atoms with E-state index in [2.05, 4.69) is 10.2 Å². The van der Waals surface area contributed by atoms with Crippen LogP contribution >= 0.6 is 11.3 Å². The Kier molecular flexibility index (Phi) is 4.37. The fourth-order valence-corrected chi connectivity index (χ4v) is 4.57. The maximum atomic E-state index is 12.9. The van der Waals surface area contributed by atoms with Crippen molar-refractivity contribution in [1.29, 1.82) is 0 Å². The molecule has 134 valence electrons. The molecule has 4 rings (SSSR count). The molecule has 2 fully saturated rings. The second-order valence-electron chi connectivity index (χ2n) is 7.36. The highest BCUT2D eigenvalue weighted by Gasteiger charge is 2.51. The van der Waals surface area contributed by atoms with Crippen molar-refractivity contribution >= 4 is 17.2 Å². The number of hydrogen-bond donors (Lipinski definition) is 0. The van der Waals surface area contributed by atoms with Crippen LogP contribution in [0.3, 0.4) is 0 Å². The second-order valence-corrected chi connectivity index (χ2v) is 8.14. The van der Waals surface area contributed by atoms with E-state index in [9.17, 15) is 4.79 Å². The number of ether oxygens (including phenoxy) is 1. The zero-order valence-electron chi connectivity index (χ0n) is 14.6. The van der Waals surface area contributed by atoms with Gasteiger partial charge >= 0.3 is 0 Å². The lowest BCUT2D eigenvalue weighted by atomic mass is 9.72. The first kappa shape index (κ1) is 16.7. The number of amides is 1. The van der Waals surface area contributed by atoms with Gasteiger partial charge in [-0.3, -0.25) is 4.79 Å². The molecule has 7 heteroatoms. The number of nitrogens with zero attached hydrogens (tertiary/aromatic N) is 3. The first-order chi connectivity index (χ1) is 12.1. The molecule has 1 unspecified atom stereocenters. The highest BCUT2D eigenvalue weighted by atomic mass is 32.1. The maximum absolute atomic E-state index is 12.9. The van der Waals surface area contributed by atoms with E-state index in [-0.39, 0.29) is 23.2 Å². The van der Waals surface area contributed by atoms with Crippen LogP contribution in [0, 0.1) is 5.41 Å². The van der Waals surface area contributed by atoms with E-state index in [1.807, 2.05) is 35.6 Å². The minimum atomic E-state index is -0.0231. The van der Waals surface area contributed by atoms with Gasteiger partial charge in [0, 0.05) is 43.0 Å². The molecule has 1 amide bonds. The molecule has 2 saturated heterocycles. The highest BCUT2D eigenvalue weighted by Crippen LogP contribution is 2.49. The molecule has 1 spiro atoms. The Morgan fingerprint density at radius 1 is 1.36 bits per heavy atom. The van der Waals surface area contributed by atoms with Crippen LogP contribution in [0.5, 0.6) is 0 Å². The van der Waals surface area contributed by atoms with Gasteiger partial charge in [-0.25, -0.2) is 0 Å². The van der Waals surface area contributed by atoms with Crippen LogP contribution in [0.15, 0.2) is 21.2 Å². The van der Waals surface area contributed by atoms with E-state index >= 15 is 0 Å². The Morgan fingerprint density at radius 2 is 2.16 bits per heavy atom. The third-order valence-corrected chi connectivity index (χ3v) is 6.12. The van der Waals surface area contributed by atoms with Gasteiger partial charge in [0.05, 0.1) is 11.5 Å². The van der Waals surface area contributed by atoms with Crippen molar-refractivity contribution in [3.63, 3.8) is 0 Å². The van der Waals surface area contributed by atoms with Crippen LogP contribution in [0.4, 0.5) is 0 Å². The van der Waals surface area contributed by atoms with Gasteiger partial charge in [-0.05, 0) is 24.3 Å². The van der Waals surface area contributed by atoms with Crippen molar-refractivity contribution in [2.75, 3.05) is 26.3 Å². The quantitative estimate of drug-likeness (QED) is 0.839. The lowest BCUT2D eigenvalue weighted by molar-refractivity contribution is 0.00888. The summed E-state index contributed by atoms with van der Waals surface area (Å²) in [4.78, 5) is 14.8. The summed E-state index contributed by atoms with van der Waals surface area (Å²) in [6.45, 7) is 6.90. The van der Waals surface area contributed by atoms with Gasteiger partial charge in [0.2, 0.25) is 11.8 Å². The largest absolute Gasteiger partial charge is 0.425 e. The molecule has 2 aromatic rings. The number of aromatic nitrogens is 2. The van der Waals surface area contributed by atoms with Gasteiger partial charge in [-0.1, -0.05) is 13.8 Å². The minimum Gasteiger partial charge on any atom is -0.425 e. The van der Waals surface area contributed by atoms with E-state index in [1.54, 1.807) is 11.3 Å². The van der Waals surface area contributed by atoms with Crippen LogP contribution in [-0.2, 0) is 4.74 Å². The van der Waals surface area contributed by atoms with Crippen LogP contribution < -0.4 is 0 Å². The highest BCUT2D eigenvalue weighted by molar-refractivity contribution is 7.08. The maximum Gasteiger partial charge on any atom is 0.254 e. The summed E-state index contributed by atoms with van der Waals surface area (Å²) in [5.41, 5.74) is 0.742. The van der Waals surface area contributed by atoms with E-state index in [0.717, 1.165) is 38.2 Å². The number of rotatable bonds is 3. The van der Waals surface area contributed by atoms with Crippen LogP contribution in [0.1, 0.15) is 60.7 Å². The summed E-state index contributed by atoms with van der Waals surface area (Å²) in [5, 5.41) is 12.4. The summed E-state index contributed by atoms with van der Waals surface area (Å²) in [6, 6.07) is 1.89. The number of carbonyl (C=O) groups excluding carboxylic acids is 1. The minimum absolute atomic E-state index is 0.0231. The first-order valence-electron chi connectivity index (χ1n) is 8.81. The topological polar surface area (TPSA) is 68.5 Å². The molecule has 2 aliphatic heterocycles. The molecular weight excluding hydrogens is 338 g/mol. The van der Waals surface area contributed by atoms with Crippen LogP contribution in [0.2, 0.25) is 0 Å². The zero-order valence-corrected chi connectivity index (χ0v) is 15.4. The van der Waals surface area contributed by atoms with Crippen molar-refractivity contribution in [2.24, 2.45) is 5.41 Å². The molecule has 2 aliphatic rings. The van der Waals surface area contributed by atoms with Crippen molar-refractivity contribution in [3.05, 3.63) is 34.2 Å². The summed E-state index contributed by atoms with van der Waals surface area (Å²) in [5.74, 6) is 1.72. The SMILES string of the molecule is CC(C)c1nnc(C2CN(C(=O)c3ccsc3)CC23CCOCC3)o1. The zero-order chi connectivity index (χ0) is 17.4. The molecule has 0 aromatic carbocycles. The molecule has 0 saturated carbocycles. The van der Waals surface area contributed by atoms with Gasteiger partial charge in [0.25, 0.3) is 5.91 Å². The molecule has 0 radical (unpaired) electrons. The smallest absolute Gasteiger partial charge is 0.254 e. The predicted molar refractivity (Wildman–Crippen MR) is 93.8 cm³/mol. The summed E-state index contributed by atoms with van der Waals surface area (Å²) in [6.07, 6.45) is 1.84. The number of hydrogen-bond acceptors (Lipinski definition) is 6. The normalized spacial score (nSPS) is 22.8. The van der Waals surface area contributed by atoms with Crippen molar-refractivity contribution < 1.29 is 13.9 Å². The van der Waals surface area contributed by atoms with Gasteiger partial charge in [-0.15, -0.1) is 10.2 Å². The Morgan fingerprint density at radius 3 is 2.80 bits per heavy atom. The van der Waals surface area contributed by atoms with Crippen molar-refractivity contribution in [2.45, 2.75) is 38.5 Å². The Hall–Kier alpha value is -1.73. The van der Waals surface area contributed by atoms with Crippen LogP contribution in [-0.4, -0.2) is 47.3 Å². The standard InChI is InChI=1S/C18H23N3O3S/c1-12(2)15-19-20-16(24-15)14-9-21(17(22)13-3-8-25-10-13)11-18(14)4-6-23-7-5-18/h3,8,10,12,14H,4-7,9,11H2,1-2H3. The molecule has 4 heterocycles. The third-order valence-electron chi connectivity index (χ3n) is 5.44. The van der Waals surface area contributed by atoms with Gasteiger partial charge in [0.15, 0.2) is 0 Å². The van der Waals surface area contributed by atoms with E-state index < -0.39 is 0 Å². The molecule has 0 N–H and O–H groups in total. The summed E-state index contributed by atoms with van der Waals surface area (Å²) in [7, 11) is 0. The fourth-order valence-electron chi connectivity index (χ4n) is 3.94. The van der Waals surface area contributed by atoms with Crippen molar-refractivity contribution in [1.82, 2.24) is 15.1 Å². The average molecular weight is 361 g/mol. The molecule has 0 aliphatic carbocycles. The number of carbonyl (C=O) groups is 1. The second kappa shape index (κ2) is 6.53. The lowest BCUT2D eigenvalue weighted by Gasteiger charge is -2.36. The first-order valence-corrected chi connectivity index (χ1v) is 9.76. The molecular formula is C18H23N3O3S. The molecule has 2 aromatic heterocycles. The molecule has 1 atom stereocenters. The molecule has 0 bridgehead atoms. The monoisotopic (exact) mass is 361 g/mol. The van der Waals surface area contributed by atoms with Gasteiger partial charge in [0.1, 0.15) is 0 Å². The lowest BCUT2D eigenvalue weighted by Crippen LogP contribution is -2.37. The number of likely N-dealkylation sites (tertiary alicyclic amines) is 1. The fraction of sp³-hybridized carbons (Fsp3) is 0.611. The average Bonchev–Trinajstić information content (AvgIpc) is 3.35. The summed E-state index contributed by atoms with van der Waals surface area (Å²) < 4.78 is 11.6. The Labute approximate surface area is 151 Å². The van der Waals surface area contributed by atoms with Gasteiger partial charge in [-0.2, -0.15) is 11.3 Å². The third kappa shape index (κ3) is 3.00. The van der Waals surface area contributed by atoms with E-state index in [1.165, 1.54) is 0 Å². The Balaban J connectivity index is 1.64. The number of thiophene rings is 1. The van der Waals surface area contributed by atoms with Crippen molar-refractivity contribution in [3.8, 4) is 0 Å².